The van der Waals surface area contributed by atoms with Crippen molar-refractivity contribution in [2.45, 2.75) is 25.3 Å². The monoisotopic (exact) mass is 345 g/mol. The van der Waals surface area contributed by atoms with Crippen molar-refractivity contribution in [2.24, 2.45) is 0 Å². The van der Waals surface area contributed by atoms with Crippen LogP contribution in [0.3, 0.4) is 0 Å². The molecule has 2 aromatic carbocycles. The van der Waals surface area contributed by atoms with Crippen molar-refractivity contribution in [2.75, 3.05) is 13.2 Å². The van der Waals surface area contributed by atoms with E-state index in [0.29, 0.717) is 23.1 Å². The molecule has 0 spiro atoms. The van der Waals surface area contributed by atoms with Gasteiger partial charge in [0.1, 0.15) is 0 Å². The smallest absolute Gasteiger partial charge is 0.258 e. The van der Waals surface area contributed by atoms with Gasteiger partial charge in [0.2, 0.25) is 0 Å². The Bertz CT molecular complexity index is 711. The molecule has 3 rings (SSSR count). The van der Waals surface area contributed by atoms with Crippen molar-refractivity contribution in [3.63, 3.8) is 0 Å². The molecule has 126 valence electrons. The quantitative estimate of drug-likeness (QED) is 0.827. The van der Waals surface area contributed by atoms with Crippen LogP contribution in [0, 0.1) is 0 Å². The second-order valence-corrected chi connectivity index (χ2v) is 6.24. The fourth-order valence-corrected chi connectivity index (χ4v) is 2.80. The maximum atomic E-state index is 12.3. The molecule has 0 heterocycles. The SMILES string of the molecule is CCOc1ccccc1OCC(=O)NC1(c2ccc(Cl)cc2)CC1. The molecule has 0 saturated heterocycles. The lowest BCUT2D eigenvalue weighted by molar-refractivity contribution is -0.124. The fourth-order valence-electron chi connectivity index (χ4n) is 2.67. The molecule has 0 atom stereocenters. The van der Waals surface area contributed by atoms with E-state index in [2.05, 4.69) is 5.32 Å². The van der Waals surface area contributed by atoms with Gasteiger partial charge in [-0.05, 0) is 49.6 Å². The first-order chi connectivity index (χ1) is 11.6. The lowest BCUT2D eigenvalue weighted by atomic mass is 10.1. The Morgan fingerprint density at radius 1 is 1.08 bits per heavy atom. The maximum Gasteiger partial charge on any atom is 0.258 e. The molecule has 1 amide bonds. The van der Waals surface area contributed by atoms with Gasteiger partial charge >= 0.3 is 0 Å². The van der Waals surface area contributed by atoms with Gasteiger partial charge in [-0.2, -0.15) is 0 Å². The average molecular weight is 346 g/mol. The minimum atomic E-state index is -0.273. The Morgan fingerprint density at radius 2 is 1.71 bits per heavy atom. The number of ether oxygens (including phenoxy) is 2. The average Bonchev–Trinajstić information content (AvgIpc) is 3.35. The number of amides is 1. The van der Waals surface area contributed by atoms with Crippen molar-refractivity contribution in [1.82, 2.24) is 5.32 Å². The molecule has 1 saturated carbocycles. The summed E-state index contributed by atoms with van der Waals surface area (Å²) in [7, 11) is 0. The highest BCUT2D eigenvalue weighted by atomic mass is 35.5. The zero-order valence-electron chi connectivity index (χ0n) is 13.5. The van der Waals surface area contributed by atoms with E-state index >= 15 is 0 Å². The molecule has 24 heavy (non-hydrogen) atoms. The van der Waals surface area contributed by atoms with Crippen LogP contribution in [-0.4, -0.2) is 19.1 Å². The summed E-state index contributed by atoms with van der Waals surface area (Å²) in [4.78, 5) is 12.3. The number of carbonyl (C=O) groups is 1. The van der Waals surface area contributed by atoms with E-state index in [-0.39, 0.29) is 18.1 Å². The zero-order valence-corrected chi connectivity index (χ0v) is 14.3. The minimum Gasteiger partial charge on any atom is -0.490 e. The number of para-hydroxylation sites is 2. The van der Waals surface area contributed by atoms with Gasteiger partial charge in [0.25, 0.3) is 5.91 Å². The molecule has 1 N–H and O–H groups in total. The first-order valence-electron chi connectivity index (χ1n) is 8.05. The Balaban J connectivity index is 1.59. The van der Waals surface area contributed by atoms with Gasteiger partial charge in [0.05, 0.1) is 12.1 Å². The molecule has 1 fully saturated rings. The van der Waals surface area contributed by atoms with Gasteiger partial charge in [-0.3, -0.25) is 4.79 Å². The van der Waals surface area contributed by atoms with Crippen LogP contribution in [0.25, 0.3) is 0 Å². The van der Waals surface area contributed by atoms with Crippen LogP contribution in [0.4, 0.5) is 0 Å². The Morgan fingerprint density at radius 3 is 2.29 bits per heavy atom. The number of rotatable bonds is 7. The summed E-state index contributed by atoms with van der Waals surface area (Å²) in [5.74, 6) is 1.08. The van der Waals surface area contributed by atoms with E-state index < -0.39 is 0 Å². The van der Waals surface area contributed by atoms with Gasteiger partial charge < -0.3 is 14.8 Å². The first kappa shape index (κ1) is 16.7. The molecule has 0 aliphatic heterocycles. The summed E-state index contributed by atoms with van der Waals surface area (Å²) < 4.78 is 11.1. The first-order valence-corrected chi connectivity index (χ1v) is 8.42. The molecule has 0 bridgehead atoms. The van der Waals surface area contributed by atoms with Crippen LogP contribution >= 0.6 is 11.6 Å². The third-order valence-electron chi connectivity index (χ3n) is 4.03. The molecule has 0 aromatic heterocycles. The number of halogens is 1. The van der Waals surface area contributed by atoms with Crippen LogP contribution in [0.1, 0.15) is 25.3 Å². The summed E-state index contributed by atoms with van der Waals surface area (Å²) in [6.07, 6.45) is 1.85. The molecule has 5 heteroatoms. The predicted molar refractivity (Wildman–Crippen MR) is 93.6 cm³/mol. The number of benzene rings is 2. The number of hydrogen-bond acceptors (Lipinski definition) is 3. The molecule has 0 unspecified atom stereocenters. The van der Waals surface area contributed by atoms with Crippen LogP contribution in [0.2, 0.25) is 5.02 Å². The Hall–Kier alpha value is -2.20. The lowest BCUT2D eigenvalue weighted by Crippen LogP contribution is -2.38. The van der Waals surface area contributed by atoms with Crippen molar-refractivity contribution in [3.05, 3.63) is 59.1 Å². The van der Waals surface area contributed by atoms with Crippen molar-refractivity contribution in [1.29, 1.82) is 0 Å². The minimum absolute atomic E-state index is 0.0422. The van der Waals surface area contributed by atoms with Gasteiger partial charge in [-0.25, -0.2) is 0 Å². The molecular formula is C19H20ClNO3. The highest BCUT2D eigenvalue weighted by molar-refractivity contribution is 6.30. The standard InChI is InChI=1S/C19H20ClNO3/c1-2-23-16-5-3-4-6-17(16)24-13-18(22)21-19(11-12-19)14-7-9-15(20)10-8-14/h3-10H,2,11-13H2,1H3,(H,21,22). The second kappa shape index (κ2) is 7.14. The molecular weight excluding hydrogens is 326 g/mol. The summed E-state index contributed by atoms with van der Waals surface area (Å²) in [5, 5.41) is 3.77. The van der Waals surface area contributed by atoms with Gasteiger partial charge in [-0.15, -0.1) is 0 Å². The molecule has 1 aliphatic carbocycles. The zero-order chi connectivity index (χ0) is 17.0. The van der Waals surface area contributed by atoms with Crippen molar-refractivity contribution < 1.29 is 14.3 Å². The largest absolute Gasteiger partial charge is 0.490 e. The molecule has 0 radical (unpaired) electrons. The highest BCUT2D eigenvalue weighted by Crippen LogP contribution is 2.45. The molecule has 4 nitrogen and oxygen atoms in total. The van der Waals surface area contributed by atoms with Crippen molar-refractivity contribution >= 4 is 17.5 Å². The van der Waals surface area contributed by atoms with Crippen molar-refractivity contribution in [3.8, 4) is 11.5 Å². The van der Waals surface area contributed by atoms with Crippen LogP contribution < -0.4 is 14.8 Å². The maximum absolute atomic E-state index is 12.3. The predicted octanol–water partition coefficient (Wildman–Crippen LogP) is 3.92. The Kier molecular flexibility index (Phi) is 4.95. The van der Waals surface area contributed by atoms with Crippen LogP contribution in [-0.2, 0) is 10.3 Å². The third-order valence-corrected chi connectivity index (χ3v) is 4.29. The number of carbonyl (C=O) groups excluding carboxylic acids is 1. The Labute approximate surface area is 146 Å². The van der Waals surface area contributed by atoms with Crippen LogP contribution in [0.15, 0.2) is 48.5 Å². The summed E-state index contributed by atoms with van der Waals surface area (Å²) in [6, 6.07) is 15.0. The van der Waals surface area contributed by atoms with Crippen LogP contribution in [0.5, 0.6) is 11.5 Å². The lowest BCUT2D eigenvalue weighted by Gasteiger charge is -2.18. The number of nitrogens with one attached hydrogen (secondary N) is 1. The van der Waals surface area contributed by atoms with E-state index in [1.54, 1.807) is 6.07 Å². The second-order valence-electron chi connectivity index (χ2n) is 5.81. The van der Waals surface area contributed by atoms with Gasteiger partial charge in [0.15, 0.2) is 18.1 Å². The number of hydrogen-bond donors (Lipinski definition) is 1. The highest BCUT2D eigenvalue weighted by Gasteiger charge is 2.45. The summed E-state index contributed by atoms with van der Waals surface area (Å²) >= 11 is 5.93. The van der Waals surface area contributed by atoms with Gasteiger partial charge in [-0.1, -0.05) is 35.9 Å². The normalized spacial score (nSPS) is 14.8. The van der Waals surface area contributed by atoms with E-state index in [4.69, 9.17) is 21.1 Å². The van der Waals surface area contributed by atoms with E-state index in [0.717, 1.165) is 18.4 Å². The van der Waals surface area contributed by atoms with E-state index in [9.17, 15) is 4.79 Å². The molecule has 1 aliphatic rings. The van der Waals surface area contributed by atoms with E-state index in [1.807, 2.05) is 49.4 Å². The fraction of sp³-hybridized carbons (Fsp3) is 0.316. The summed E-state index contributed by atoms with van der Waals surface area (Å²) in [6.45, 7) is 2.41. The van der Waals surface area contributed by atoms with Gasteiger partial charge in [0, 0.05) is 5.02 Å². The molecule has 2 aromatic rings. The van der Waals surface area contributed by atoms with E-state index in [1.165, 1.54) is 0 Å². The summed E-state index contributed by atoms with van der Waals surface area (Å²) in [5.41, 5.74) is 0.805. The third kappa shape index (κ3) is 3.82. The topological polar surface area (TPSA) is 47.6 Å².